The fourth-order valence-corrected chi connectivity index (χ4v) is 2.42. The summed E-state index contributed by atoms with van der Waals surface area (Å²) in [6.45, 7) is 8.52. The second-order valence-corrected chi connectivity index (χ2v) is 7.75. The van der Waals surface area contributed by atoms with Crippen LogP contribution >= 0.6 is 0 Å². The van der Waals surface area contributed by atoms with Crippen LogP contribution in [0.3, 0.4) is 0 Å². The van der Waals surface area contributed by atoms with E-state index in [1.807, 2.05) is 88.4 Å². The number of aliphatic carboxylic acids is 1. The van der Waals surface area contributed by atoms with Crippen LogP contribution in [0.25, 0.3) is 12.2 Å². The fourth-order valence-electron chi connectivity index (χ4n) is 2.42. The van der Waals surface area contributed by atoms with Crippen molar-refractivity contribution in [3.05, 3.63) is 83.4 Å². The van der Waals surface area contributed by atoms with E-state index in [-0.39, 0.29) is 5.97 Å². The number of esters is 1. The van der Waals surface area contributed by atoms with Gasteiger partial charge < -0.3 is 9.84 Å². The monoisotopic (exact) mass is 408 g/mol. The summed E-state index contributed by atoms with van der Waals surface area (Å²) in [5, 5.41) is 9.02. The maximum Gasteiger partial charge on any atom is 0.331 e. The maximum atomic E-state index is 11.2. The molecule has 0 aliphatic carbocycles. The first kappa shape index (κ1) is 24.9. The van der Waals surface area contributed by atoms with Gasteiger partial charge in [-0.05, 0) is 41.5 Å². The molecular weight excluding hydrogens is 376 g/mol. The molecule has 0 amide bonds. The second-order valence-electron chi connectivity index (χ2n) is 7.75. The number of carboxylic acids is 1. The third-order valence-corrected chi connectivity index (χ3v) is 3.81. The average molecular weight is 409 g/mol. The van der Waals surface area contributed by atoms with Crippen LogP contribution < -0.4 is 0 Å². The number of hydrogen-bond donors (Lipinski definition) is 1. The Labute approximate surface area is 179 Å². The van der Waals surface area contributed by atoms with Crippen molar-refractivity contribution in [1.82, 2.24) is 0 Å². The van der Waals surface area contributed by atoms with Gasteiger partial charge in [0, 0.05) is 11.6 Å². The van der Waals surface area contributed by atoms with Crippen LogP contribution in [0.2, 0.25) is 0 Å². The topological polar surface area (TPSA) is 63.6 Å². The number of carboxylic acid groups (broad SMARTS) is 1. The van der Waals surface area contributed by atoms with Crippen molar-refractivity contribution in [2.45, 2.75) is 34.1 Å². The largest absolute Gasteiger partial charge is 0.478 e. The van der Waals surface area contributed by atoms with Gasteiger partial charge in [-0.25, -0.2) is 9.59 Å². The molecule has 0 aliphatic rings. The minimum absolute atomic E-state index is 0.285. The van der Waals surface area contributed by atoms with Gasteiger partial charge in [0.2, 0.25) is 0 Å². The van der Waals surface area contributed by atoms with Crippen LogP contribution in [0.15, 0.2) is 72.3 Å². The van der Waals surface area contributed by atoms with E-state index in [0.29, 0.717) is 30.4 Å². The first-order valence-electron chi connectivity index (χ1n) is 10.2. The zero-order chi connectivity index (χ0) is 22.4. The molecule has 0 atom stereocenters. The highest BCUT2D eigenvalue weighted by atomic mass is 16.5. The van der Waals surface area contributed by atoms with E-state index in [1.54, 1.807) is 12.2 Å². The summed E-state index contributed by atoms with van der Waals surface area (Å²) >= 11 is 0. The predicted octanol–water partition coefficient (Wildman–Crippen LogP) is 6.10. The third-order valence-electron chi connectivity index (χ3n) is 3.81. The van der Waals surface area contributed by atoms with Crippen molar-refractivity contribution in [1.29, 1.82) is 0 Å². The van der Waals surface area contributed by atoms with Gasteiger partial charge in [0.05, 0.1) is 6.61 Å². The smallest absolute Gasteiger partial charge is 0.331 e. The summed E-state index contributed by atoms with van der Waals surface area (Å²) in [5.74, 6) is -0.379. The molecule has 2 aromatic rings. The highest BCUT2D eigenvalue weighted by Crippen LogP contribution is 2.15. The van der Waals surface area contributed by atoms with E-state index in [4.69, 9.17) is 9.84 Å². The van der Waals surface area contributed by atoms with Crippen molar-refractivity contribution in [3.8, 4) is 0 Å². The Bertz CT molecular complexity index is 817. The molecule has 2 rings (SSSR count). The van der Waals surface area contributed by atoms with Crippen LogP contribution in [-0.4, -0.2) is 23.7 Å². The minimum atomic E-state index is -0.826. The van der Waals surface area contributed by atoms with Gasteiger partial charge in [0.15, 0.2) is 0 Å². The highest BCUT2D eigenvalue weighted by Gasteiger charge is 2.09. The first-order valence-corrected chi connectivity index (χ1v) is 10.2. The average Bonchev–Trinajstić information content (AvgIpc) is 2.72. The number of ether oxygens (including phenoxy) is 1. The number of rotatable bonds is 8. The summed E-state index contributed by atoms with van der Waals surface area (Å²) in [6.07, 6.45) is 5.55. The Balaban J connectivity index is 0.000000300. The van der Waals surface area contributed by atoms with E-state index < -0.39 is 5.97 Å². The third kappa shape index (κ3) is 11.6. The zero-order valence-electron chi connectivity index (χ0n) is 18.2. The molecule has 4 nitrogen and oxygen atoms in total. The summed E-state index contributed by atoms with van der Waals surface area (Å²) in [6, 6.07) is 19.2. The SMILES string of the molecule is CC(C)CC(=Cc1ccccc1)C(=O)O.CC(C)COC(=O)C=Cc1ccccc1. The molecule has 0 radical (unpaired) electrons. The van der Waals surface area contributed by atoms with Gasteiger partial charge in [-0.2, -0.15) is 0 Å². The molecule has 2 aromatic carbocycles. The van der Waals surface area contributed by atoms with Gasteiger partial charge in [0.1, 0.15) is 0 Å². The molecular formula is C26H32O4. The second kappa shape index (κ2) is 13.9. The standard InChI is InChI=1S/2C13H16O2/c1-10(2)8-12(13(14)15)9-11-6-4-3-5-7-11;1-11(2)10-15-13(14)9-8-12-6-4-3-5-7-12/h3-7,9-10H,8H2,1-2H3,(H,14,15);3-9,11H,10H2,1-2H3. The van der Waals surface area contributed by atoms with Gasteiger partial charge in [-0.1, -0.05) is 88.4 Å². The van der Waals surface area contributed by atoms with Crippen molar-refractivity contribution in [2.24, 2.45) is 11.8 Å². The van der Waals surface area contributed by atoms with Gasteiger partial charge in [-0.3, -0.25) is 0 Å². The highest BCUT2D eigenvalue weighted by molar-refractivity contribution is 5.92. The van der Waals surface area contributed by atoms with E-state index >= 15 is 0 Å². The minimum Gasteiger partial charge on any atom is -0.478 e. The van der Waals surface area contributed by atoms with Crippen LogP contribution in [-0.2, 0) is 14.3 Å². The number of carbonyl (C=O) groups is 2. The van der Waals surface area contributed by atoms with Gasteiger partial charge in [-0.15, -0.1) is 0 Å². The molecule has 0 bridgehead atoms. The molecule has 4 heteroatoms. The molecule has 1 N–H and O–H groups in total. The first-order chi connectivity index (χ1) is 14.3. The number of hydrogen-bond acceptors (Lipinski definition) is 3. The summed E-state index contributed by atoms with van der Waals surface area (Å²) in [5.41, 5.74) is 2.41. The molecule has 0 aromatic heterocycles. The predicted molar refractivity (Wildman–Crippen MR) is 123 cm³/mol. The number of carbonyl (C=O) groups excluding carboxylic acids is 1. The zero-order valence-corrected chi connectivity index (χ0v) is 18.2. The Kier molecular flexibility index (Phi) is 11.6. The fraction of sp³-hybridized carbons (Fsp3) is 0.308. The van der Waals surface area contributed by atoms with Crippen molar-refractivity contribution < 1.29 is 19.4 Å². The Morgan fingerprint density at radius 2 is 1.40 bits per heavy atom. The molecule has 30 heavy (non-hydrogen) atoms. The molecule has 0 aliphatic heterocycles. The molecule has 0 heterocycles. The lowest BCUT2D eigenvalue weighted by atomic mass is 10.0. The Hall–Kier alpha value is -3.14. The van der Waals surface area contributed by atoms with Crippen LogP contribution in [0.5, 0.6) is 0 Å². The van der Waals surface area contributed by atoms with E-state index in [2.05, 4.69) is 0 Å². The number of benzene rings is 2. The molecule has 0 saturated heterocycles. The van der Waals surface area contributed by atoms with Gasteiger partial charge >= 0.3 is 11.9 Å². The van der Waals surface area contributed by atoms with Crippen molar-refractivity contribution in [2.75, 3.05) is 6.61 Å². The van der Waals surface area contributed by atoms with Gasteiger partial charge in [0.25, 0.3) is 0 Å². The lowest BCUT2D eigenvalue weighted by Crippen LogP contribution is -2.06. The van der Waals surface area contributed by atoms with Crippen LogP contribution in [0, 0.1) is 11.8 Å². The summed E-state index contributed by atoms with van der Waals surface area (Å²) in [7, 11) is 0. The van der Waals surface area contributed by atoms with Crippen LogP contribution in [0.1, 0.15) is 45.2 Å². The molecule has 0 spiro atoms. The van der Waals surface area contributed by atoms with Crippen molar-refractivity contribution >= 4 is 24.1 Å². The molecule has 0 fully saturated rings. The molecule has 0 unspecified atom stereocenters. The lowest BCUT2D eigenvalue weighted by Gasteiger charge is -2.05. The van der Waals surface area contributed by atoms with Crippen LogP contribution in [0.4, 0.5) is 0 Å². The van der Waals surface area contributed by atoms with E-state index in [9.17, 15) is 9.59 Å². The Morgan fingerprint density at radius 1 is 0.867 bits per heavy atom. The normalized spacial score (nSPS) is 11.3. The molecule has 160 valence electrons. The lowest BCUT2D eigenvalue weighted by molar-refractivity contribution is -0.138. The van der Waals surface area contributed by atoms with E-state index in [1.165, 1.54) is 6.08 Å². The quantitative estimate of drug-likeness (QED) is 0.423. The summed E-state index contributed by atoms with van der Waals surface area (Å²) in [4.78, 5) is 22.2. The summed E-state index contributed by atoms with van der Waals surface area (Å²) < 4.78 is 5.00. The van der Waals surface area contributed by atoms with Crippen molar-refractivity contribution in [3.63, 3.8) is 0 Å². The maximum absolute atomic E-state index is 11.2. The molecule has 0 saturated carbocycles. The Morgan fingerprint density at radius 3 is 1.87 bits per heavy atom. The van der Waals surface area contributed by atoms with E-state index in [0.717, 1.165) is 11.1 Å².